The summed E-state index contributed by atoms with van der Waals surface area (Å²) in [6, 6.07) is 90.9. The van der Waals surface area contributed by atoms with Crippen molar-refractivity contribution in [2.75, 3.05) is 4.90 Å². The number of benzene rings is 11. The Morgan fingerprint density at radius 1 is 0.384 bits per heavy atom. The standard InChI is InChI=1S/C71H55NS/c1-70(2,3)53-38-35-46(36-39-53)52-43-61(47-19-8-6-9-20-47)68(62(44-52)48-21-10-7-11-22-48)72(54-40-41-58-57-25-14-16-29-63(57)71(4,5)64(58)45-54)65-42-37-49-23-12-13-24-55(49)67(65)51-33-31-50(32-34-51)56-27-18-28-60-59-26-15-17-30-66(59)73-69(56)60/h6-45H,1-5H3. The van der Waals surface area contributed by atoms with Gasteiger partial charge >= 0.3 is 0 Å². The van der Waals surface area contributed by atoms with Crippen molar-refractivity contribution in [2.24, 2.45) is 0 Å². The summed E-state index contributed by atoms with van der Waals surface area (Å²) in [5.41, 5.74) is 21.6. The van der Waals surface area contributed by atoms with Crippen LogP contribution in [0.4, 0.5) is 17.1 Å². The van der Waals surface area contributed by atoms with E-state index in [1.807, 2.05) is 11.3 Å². The maximum atomic E-state index is 2.60. The number of thiophene rings is 1. The van der Waals surface area contributed by atoms with Crippen LogP contribution < -0.4 is 4.90 Å². The highest BCUT2D eigenvalue weighted by atomic mass is 32.1. The van der Waals surface area contributed by atoms with Crippen molar-refractivity contribution >= 4 is 59.3 Å². The molecule has 1 nitrogen and oxygen atoms in total. The van der Waals surface area contributed by atoms with Gasteiger partial charge in [0.25, 0.3) is 0 Å². The summed E-state index contributed by atoms with van der Waals surface area (Å²) in [5, 5.41) is 5.03. The van der Waals surface area contributed by atoms with Crippen LogP contribution in [0.2, 0.25) is 0 Å². The van der Waals surface area contributed by atoms with Crippen molar-refractivity contribution in [3.8, 4) is 66.8 Å². The first-order valence-electron chi connectivity index (χ1n) is 25.6. The number of hydrogen-bond donors (Lipinski definition) is 0. The van der Waals surface area contributed by atoms with E-state index in [1.54, 1.807) is 0 Å². The van der Waals surface area contributed by atoms with Crippen molar-refractivity contribution in [2.45, 2.75) is 45.4 Å². The van der Waals surface area contributed by atoms with E-state index in [2.05, 4.69) is 282 Å². The maximum absolute atomic E-state index is 2.60. The maximum Gasteiger partial charge on any atom is 0.0619 e. The van der Waals surface area contributed by atoms with Gasteiger partial charge in [-0.1, -0.05) is 241 Å². The molecule has 13 rings (SSSR count). The minimum atomic E-state index is -0.208. The molecule has 0 amide bonds. The summed E-state index contributed by atoms with van der Waals surface area (Å²) in [4.78, 5) is 2.60. The van der Waals surface area contributed by atoms with Gasteiger partial charge in [0, 0.05) is 48.0 Å². The third-order valence-electron chi connectivity index (χ3n) is 15.4. The van der Waals surface area contributed by atoms with Gasteiger partial charge in [0.1, 0.15) is 0 Å². The Bertz CT molecular complexity index is 4000. The minimum absolute atomic E-state index is 0.0458. The largest absolute Gasteiger partial charge is 0.309 e. The quantitative estimate of drug-likeness (QED) is 0.147. The Hall–Kier alpha value is -8.30. The summed E-state index contributed by atoms with van der Waals surface area (Å²) in [5.74, 6) is 0. The first-order chi connectivity index (χ1) is 35.6. The molecule has 0 unspecified atom stereocenters. The third kappa shape index (κ3) is 7.59. The SMILES string of the molecule is CC(C)(C)c1ccc(-c2cc(-c3ccccc3)c(N(c3ccc4c(c3)C(C)(C)c3ccccc3-4)c3ccc4ccccc4c3-c3ccc(-c4cccc5c4sc4ccccc45)cc3)c(-c3ccccc3)c2)cc1. The molecule has 0 N–H and O–H groups in total. The Morgan fingerprint density at radius 2 is 0.945 bits per heavy atom. The van der Waals surface area contributed by atoms with Crippen LogP contribution in [0.15, 0.2) is 243 Å². The number of rotatable bonds is 8. The molecule has 1 aliphatic rings. The van der Waals surface area contributed by atoms with Crippen molar-refractivity contribution < 1.29 is 0 Å². The average Bonchev–Trinajstić information content (AvgIpc) is 3.93. The lowest BCUT2D eigenvalue weighted by atomic mass is 9.82. The molecule has 11 aromatic carbocycles. The van der Waals surface area contributed by atoms with E-state index in [-0.39, 0.29) is 10.8 Å². The second-order valence-electron chi connectivity index (χ2n) is 21.3. The fourth-order valence-corrected chi connectivity index (χ4v) is 12.9. The normalized spacial score (nSPS) is 12.8. The second kappa shape index (κ2) is 17.5. The van der Waals surface area contributed by atoms with Crippen LogP contribution in [0.1, 0.15) is 51.3 Å². The fraction of sp³-hybridized carbons (Fsp3) is 0.0986. The van der Waals surface area contributed by atoms with Gasteiger partial charge < -0.3 is 4.90 Å². The number of nitrogens with zero attached hydrogens (tertiary/aromatic N) is 1. The van der Waals surface area contributed by atoms with Crippen molar-refractivity contribution in [1.82, 2.24) is 0 Å². The smallest absolute Gasteiger partial charge is 0.0619 e. The number of anilines is 3. The predicted octanol–water partition coefficient (Wildman–Crippen LogP) is 20.6. The molecule has 12 aromatic rings. The molecule has 1 aromatic heterocycles. The molecular weight excluding hydrogens is 899 g/mol. The Morgan fingerprint density at radius 3 is 1.66 bits per heavy atom. The topological polar surface area (TPSA) is 3.24 Å². The molecule has 0 aliphatic heterocycles. The first kappa shape index (κ1) is 44.6. The molecule has 0 fully saturated rings. The lowest BCUT2D eigenvalue weighted by molar-refractivity contribution is 0.590. The van der Waals surface area contributed by atoms with Crippen LogP contribution in [0.5, 0.6) is 0 Å². The molecule has 350 valence electrons. The Kier molecular flexibility index (Phi) is 10.7. The molecule has 73 heavy (non-hydrogen) atoms. The average molecular weight is 954 g/mol. The summed E-state index contributed by atoms with van der Waals surface area (Å²) in [6.07, 6.45) is 0. The molecule has 0 spiro atoms. The lowest BCUT2D eigenvalue weighted by Crippen LogP contribution is -2.18. The highest BCUT2D eigenvalue weighted by Gasteiger charge is 2.36. The van der Waals surface area contributed by atoms with Gasteiger partial charge in [-0.15, -0.1) is 11.3 Å². The van der Waals surface area contributed by atoms with Gasteiger partial charge in [-0.05, 0) is 119 Å². The number of fused-ring (bicyclic) bond motifs is 7. The minimum Gasteiger partial charge on any atom is -0.309 e. The van der Waals surface area contributed by atoms with E-state index in [0.29, 0.717) is 0 Å². The molecule has 1 aliphatic carbocycles. The molecule has 0 saturated heterocycles. The van der Waals surface area contributed by atoms with Crippen molar-refractivity contribution in [3.63, 3.8) is 0 Å². The number of hydrogen-bond acceptors (Lipinski definition) is 2. The molecule has 1 heterocycles. The molecule has 2 heteroatoms. The molecule has 0 atom stereocenters. The van der Waals surface area contributed by atoms with E-state index in [1.165, 1.54) is 86.6 Å². The third-order valence-corrected chi connectivity index (χ3v) is 16.7. The van der Waals surface area contributed by atoms with Crippen LogP contribution in [0.25, 0.3) is 97.7 Å². The van der Waals surface area contributed by atoms with E-state index in [0.717, 1.165) is 44.9 Å². The Labute approximate surface area is 433 Å². The molecule has 0 radical (unpaired) electrons. The van der Waals surface area contributed by atoms with Crippen LogP contribution in [-0.4, -0.2) is 0 Å². The summed E-state index contributed by atoms with van der Waals surface area (Å²) in [7, 11) is 0. The predicted molar refractivity (Wildman–Crippen MR) is 315 cm³/mol. The summed E-state index contributed by atoms with van der Waals surface area (Å²) < 4.78 is 2.64. The molecular formula is C71H55NS. The summed E-state index contributed by atoms with van der Waals surface area (Å²) >= 11 is 1.88. The first-order valence-corrected chi connectivity index (χ1v) is 26.4. The Balaban J connectivity index is 1.10. The van der Waals surface area contributed by atoms with E-state index >= 15 is 0 Å². The summed E-state index contributed by atoms with van der Waals surface area (Å²) in [6.45, 7) is 11.6. The highest BCUT2D eigenvalue weighted by Crippen LogP contribution is 2.55. The highest BCUT2D eigenvalue weighted by molar-refractivity contribution is 7.26. The van der Waals surface area contributed by atoms with Crippen LogP contribution in [0.3, 0.4) is 0 Å². The second-order valence-corrected chi connectivity index (χ2v) is 22.3. The zero-order chi connectivity index (χ0) is 49.4. The molecule has 0 saturated carbocycles. The van der Waals surface area contributed by atoms with Gasteiger partial charge in [-0.2, -0.15) is 0 Å². The zero-order valence-corrected chi connectivity index (χ0v) is 42.8. The van der Waals surface area contributed by atoms with Gasteiger partial charge in [0.05, 0.1) is 11.4 Å². The monoisotopic (exact) mass is 953 g/mol. The van der Waals surface area contributed by atoms with Crippen LogP contribution >= 0.6 is 11.3 Å². The fourth-order valence-electron chi connectivity index (χ4n) is 11.6. The van der Waals surface area contributed by atoms with Crippen LogP contribution in [-0.2, 0) is 10.8 Å². The van der Waals surface area contributed by atoms with E-state index in [9.17, 15) is 0 Å². The van der Waals surface area contributed by atoms with Crippen molar-refractivity contribution in [1.29, 1.82) is 0 Å². The van der Waals surface area contributed by atoms with Gasteiger partial charge in [0.15, 0.2) is 0 Å². The van der Waals surface area contributed by atoms with E-state index < -0.39 is 0 Å². The van der Waals surface area contributed by atoms with Crippen molar-refractivity contribution in [3.05, 3.63) is 259 Å². The molecule has 0 bridgehead atoms. The zero-order valence-electron chi connectivity index (χ0n) is 41.9. The lowest BCUT2D eigenvalue weighted by Gasteiger charge is -2.34. The van der Waals surface area contributed by atoms with Gasteiger partial charge in [-0.25, -0.2) is 0 Å². The van der Waals surface area contributed by atoms with Gasteiger partial charge in [0.2, 0.25) is 0 Å². The van der Waals surface area contributed by atoms with Gasteiger partial charge in [-0.3, -0.25) is 0 Å². The van der Waals surface area contributed by atoms with E-state index in [4.69, 9.17) is 0 Å². The van der Waals surface area contributed by atoms with Crippen LogP contribution in [0, 0.1) is 0 Å².